The summed E-state index contributed by atoms with van der Waals surface area (Å²) in [5.41, 5.74) is 1.66. The first-order chi connectivity index (χ1) is 13.0. The number of methoxy groups -OCH3 is 2. The summed E-state index contributed by atoms with van der Waals surface area (Å²) in [5, 5.41) is 13.8. The van der Waals surface area contributed by atoms with Crippen molar-refractivity contribution in [2.75, 3.05) is 33.9 Å². The van der Waals surface area contributed by atoms with Crippen LogP contribution in [0.1, 0.15) is 56.2 Å². The van der Waals surface area contributed by atoms with Crippen LogP contribution in [-0.2, 0) is 11.2 Å². The van der Waals surface area contributed by atoms with Crippen LogP contribution in [0.2, 0.25) is 0 Å². The van der Waals surface area contributed by atoms with Crippen LogP contribution < -0.4 is 14.8 Å². The Bertz CT molecular complexity index is 670. The van der Waals surface area contributed by atoms with Crippen molar-refractivity contribution in [2.45, 2.75) is 57.1 Å². The highest BCUT2D eigenvalue weighted by Crippen LogP contribution is 2.37. The van der Waals surface area contributed by atoms with Gasteiger partial charge in [-0.15, -0.1) is 0 Å². The van der Waals surface area contributed by atoms with Crippen LogP contribution in [0.4, 0.5) is 0 Å². The molecule has 1 fully saturated rings. The van der Waals surface area contributed by atoms with Crippen LogP contribution in [-0.4, -0.2) is 55.4 Å². The molecule has 1 aliphatic carbocycles. The third-order valence-corrected chi connectivity index (χ3v) is 6.02. The van der Waals surface area contributed by atoms with Gasteiger partial charge in [0.25, 0.3) is 0 Å². The first-order valence-corrected chi connectivity index (χ1v) is 9.95. The van der Waals surface area contributed by atoms with Crippen LogP contribution in [0.15, 0.2) is 12.1 Å². The van der Waals surface area contributed by atoms with Crippen LogP contribution in [0.25, 0.3) is 0 Å². The van der Waals surface area contributed by atoms with Gasteiger partial charge in [0, 0.05) is 13.1 Å². The molecule has 6 heteroatoms. The molecule has 3 rings (SSSR count). The SMILES string of the molecule is COc1cc2c(cc1OC)C(C)N(C(=O)CNCC1(O)CCCCC1)CC2. The number of carbonyl (C=O) groups excluding carboxylic acids is 1. The van der Waals surface area contributed by atoms with E-state index in [4.69, 9.17) is 9.47 Å². The van der Waals surface area contributed by atoms with Gasteiger partial charge in [-0.1, -0.05) is 19.3 Å². The molecule has 0 radical (unpaired) electrons. The van der Waals surface area contributed by atoms with Crippen LogP contribution in [0.5, 0.6) is 11.5 Å². The summed E-state index contributed by atoms with van der Waals surface area (Å²) in [7, 11) is 3.26. The number of fused-ring (bicyclic) bond motifs is 1. The largest absolute Gasteiger partial charge is 0.493 e. The zero-order chi connectivity index (χ0) is 19.4. The van der Waals surface area contributed by atoms with Crippen molar-refractivity contribution in [3.05, 3.63) is 23.3 Å². The summed E-state index contributed by atoms with van der Waals surface area (Å²) < 4.78 is 10.8. The number of hydrogen-bond donors (Lipinski definition) is 2. The molecule has 27 heavy (non-hydrogen) atoms. The molecule has 1 heterocycles. The number of ether oxygens (including phenoxy) is 2. The molecule has 1 aromatic rings. The summed E-state index contributed by atoms with van der Waals surface area (Å²) in [5.74, 6) is 1.49. The van der Waals surface area contributed by atoms with Crippen molar-refractivity contribution in [3.8, 4) is 11.5 Å². The molecule has 1 aliphatic heterocycles. The topological polar surface area (TPSA) is 71.0 Å². The zero-order valence-electron chi connectivity index (χ0n) is 16.7. The van der Waals surface area contributed by atoms with Crippen LogP contribution in [0.3, 0.4) is 0 Å². The Morgan fingerprint density at radius 2 is 1.89 bits per heavy atom. The third kappa shape index (κ3) is 4.38. The molecule has 1 unspecified atom stereocenters. The monoisotopic (exact) mass is 376 g/mol. The van der Waals surface area contributed by atoms with E-state index >= 15 is 0 Å². The first-order valence-electron chi connectivity index (χ1n) is 9.95. The Labute approximate surface area is 161 Å². The van der Waals surface area contributed by atoms with Gasteiger partial charge < -0.3 is 24.8 Å². The van der Waals surface area contributed by atoms with Crippen molar-refractivity contribution >= 4 is 5.91 Å². The Balaban J connectivity index is 1.62. The van der Waals surface area contributed by atoms with Gasteiger partial charge in [0.05, 0.1) is 32.4 Å². The molecule has 1 amide bonds. The number of amides is 1. The normalized spacial score (nSPS) is 21.5. The van der Waals surface area contributed by atoms with Gasteiger partial charge in [0.1, 0.15) is 0 Å². The lowest BCUT2D eigenvalue weighted by atomic mass is 9.85. The summed E-state index contributed by atoms with van der Waals surface area (Å²) in [6.07, 6.45) is 5.78. The number of aliphatic hydroxyl groups is 1. The predicted octanol–water partition coefficient (Wildman–Crippen LogP) is 2.43. The minimum Gasteiger partial charge on any atom is -0.493 e. The molecule has 0 bridgehead atoms. The molecular weight excluding hydrogens is 344 g/mol. The average molecular weight is 376 g/mol. The molecule has 1 atom stereocenters. The highest BCUT2D eigenvalue weighted by molar-refractivity contribution is 5.79. The molecule has 0 aromatic heterocycles. The second-order valence-corrected chi connectivity index (χ2v) is 7.81. The Hall–Kier alpha value is -1.79. The van der Waals surface area contributed by atoms with E-state index in [1.54, 1.807) is 14.2 Å². The van der Waals surface area contributed by atoms with Crippen molar-refractivity contribution in [1.29, 1.82) is 0 Å². The molecule has 1 aromatic carbocycles. The van der Waals surface area contributed by atoms with E-state index in [2.05, 4.69) is 12.2 Å². The number of nitrogens with one attached hydrogen (secondary N) is 1. The van der Waals surface area contributed by atoms with Gasteiger partial charge in [0.15, 0.2) is 11.5 Å². The number of rotatable bonds is 6. The maximum absolute atomic E-state index is 12.8. The standard InChI is InChI=1S/C21H32N2O4/c1-15-17-12-19(27-3)18(26-2)11-16(17)7-10-23(15)20(24)13-22-14-21(25)8-5-4-6-9-21/h11-12,15,22,25H,4-10,13-14H2,1-3H3. The smallest absolute Gasteiger partial charge is 0.237 e. The third-order valence-electron chi connectivity index (χ3n) is 6.02. The Kier molecular flexibility index (Phi) is 6.27. The quantitative estimate of drug-likeness (QED) is 0.798. The molecule has 0 spiro atoms. The molecule has 2 N–H and O–H groups in total. The Morgan fingerprint density at radius 1 is 1.22 bits per heavy atom. The van der Waals surface area contributed by atoms with E-state index in [0.717, 1.165) is 43.4 Å². The second-order valence-electron chi connectivity index (χ2n) is 7.81. The lowest BCUT2D eigenvalue weighted by molar-refractivity contribution is -0.133. The molecular formula is C21H32N2O4. The Morgan fingerprint density at radius 3 is 2.56 bits per heavy atom. The highest BCUT2D eigenvalue weighted by Gasteiger charge is 2.31. The minimum absolute atomic E-state index is 0.0133. The van der Waals surface area contributed by atoms with E-state index < -0.39 is 5.60 Å². The van der Waals surface area contributed by atoms with E-state index in [1.807, 2.05) is 17.0 Å². The molecule has 6 nitrogen and oxygen atoms in total. The van der Waals surface area contributed by atoms with Gasteiger partial charge >= 0.3 is 0 Å². The highest BCUT2D eigenvalue weighted by atomic mass is 16.5. The summed E-state index contributed by atoms with van der Waals surface area (Å²) in [6.45, 7) is 3.49. The summed E-state index contributed by atoms with van der Waals surface area (Å²) in [4.78, 5) is 14.7. The number of nitrogens with zero attached hydrogens (tertiary/aromatic N) is 1. The maximum Gasteiger partial charge on any atom is 0.237 e. The van der Waals surface area contributed by atoms with E-state index in [0.29, 0.717) is 18.8 Å². The number of benzene rings is 1. The fourth-order valence-corrected chi connectivity index (χ4v) is 4.38. The number of carbonyl (C=O) groups is 1. The van der Waals surface area contributed by atoms with E-state index in [9.17, 15) is 9.90 Å². The van der Waals surface area contributed by atoms with Crippen LogP contribution >= 0.6 is 0 Å². The fraction of sp³-hybridized carbons (Fsp3) is 0.667. The minimum atomic E-state index is -0.650. The van der Waals surface area contributed by atoms with Crippen molar-refractivity contribution in [1.82, 2.24) is 10.2 Å². The molecule has 0 saturated heterocycles. The lowest BCUT2D eigenvalue weighted by Gasteiger charge is -2.36. The van der Waals surface area contributed by atoms with Gasteiger partial charge in [-0.2, -0.15) is 0 Å². The molecule has 2 aliphatic rings. The second kappa shape index (κ2) is 8.48. The van der Waals surface area contributed by atoms with Crippen molar-refractivity contribution in [2.24, 2.45) is 0 Å². The van der Waals surface area contributed by atoms with Gasteiger partial charge in [0.2, 0.25) is 5.91 Å². The lowest BCUT2D eigenvalue weighted by Crippen LogP contribution is -2.47. The molecule has 1 saturated carbocycles. The van der Waals surface area contributed by atoms with Gasteiger partial charge in [-0.25, -0.2) is 0 Å². The fourth-order valence-electron chi connectivity index (χ4n) is 4.38. The first kappa shape index (κ1) is 20.0. The number of hydrogen-bond acceptors (Lipinski definition) is 5. The van der Waals surface area contributed by atoms with Crippen LogP contribution in [0, 0.1) is 0 Å². The van der Waals surface area contributed by atoms with E-state index in [-0.39, 0.29) is 18.5 Å². The predicted molar refractivity (Wildman–Crippen MR) is 104 cm³/mol. The van der Waals surface area contributed by atoms with E-state index in [1.165, 1.54) is 12.0 Å². The van der Waals surface area contributed by atoms with Gasteiger partial charge in [-0.3, -0.25) is 4.79 Å². The summed E-state index contributed by atoms with van der Waals surface area (Å²) >= 11 is 0. The zero-order valence-corrected chi connectivity index (χ0v) is 16.7. The average Bonchev–Trinajstić information content (AvgIpc) is 2.67. The van der Waals surface area contributed by atoms with Crippen molar-refractivity contribution in [3.63, 3.8) is 0 Å². The summed E-state index contributed by atoms with van der Waals surface area (Å²) in [6, 6.07) is 3.99. The molecule has 150 valence electrons. The maximum atomic E-state index is 12.8. The van der Waals surface area contributed by atoms with Crippen molar-refractivity contribution < 1.29 is 19.4 Å². The van der Waals surface area contributed by atoms with Gasteiger partial charge in [-0.05, 0) is 49.4 Å².